The highest BCUT2D eigenvalue weighted by molar-refractivity contribution is 4.90. The van der Waals surface area contributed by atoms with Crippen LogP contribution in [0.1, 0.15) is 39.5 Å². The van der Waals surface area contributed by atoms with Crippen molar-refractivity contribution in [2.75, 3.05) is 52.9 Å². The Morgan fingerprint density at radius 1 is 1.00 bits per heavy atom. The summed E-state index contributed by atoms with van der Waals surface area (Å²) in [5, 5.41) is 14.1. The SMILES string of the molecule is CN1CCN(CCNCC2(O)CCC(C)(C)CC2)CC1. The summed E-state index contributed by atoms with van der Waals surface area (Å²) in [6, 6.07) is 0. The molecule has 118 valence electrons. The summed E-state index contributed by atoms with van der Waals surface area (Å²) in [5.41, 5.74) is -0.0380. The van der Waals surface area contributed by atoms with Crippen LogP contribution in [0.3, 0.4) is 0 Å². The average molecular weight is 283 g/mol. The van der Waals surface area contributed by atoms with Gasteiger partial charge in [0.25, 0.3) is 0 Å². The van der Waals surface area contributed by atoms with Crippen molar-refractivity contribution in [1.82, 2.24) is 15.1 Å². The number of hydrogen-bond donors (Lipinski definition) is 2. The third kappa shape index (κ3) is 4.99. The van der Waals surface area contributed by atoms with Crippen molar-refractivity contribution < 1.29 is 5.11 Å². The van der Waals surface area contributed by atoms with E-state index in [0.717, 1.165) is 45.3 Å². The van der Waals surface area contributed by atoms with Crippen molar-refractivity contribution in [1.29, 1.82) is 0 Å². The van der Waals surface area contributed by atoms with Gasteiger partial charge in [-0.25, -0.2) is 0 Å². The molecule has 0 spiro atoms. The van der Waals surface area contributed by atoms with Crippen molar-refractivity contribution in [3.63, 3.8) is 0 Å². The molecule has 2 aliphatic rings. The summed E-state index contributed by atoms with van der Waals surface area (Å²) >= 11 is 0. The molecule has 2 fully saturated rings. The summed E-state index contributed by atoms with van der Waals surface area (Å²) < 4.78 is 0. The Bertz CT molecular complexity index is 288. The zero-order valence-corrected chi connectivity index (χ0v) is 13.6. The third-order valence-electron chi connectivity index (χ3n) is 5.19. The first kappa shape index (κ1) is 16.2. The second kappa shape index (κ2) is 6.73. The van der Waals surface area contributed by atoms with Crippen LogP contribution in [0.25, 0.3) is 0 Å². The molecule has 0 atom stereocenters. The molecule has 0 bridgehead atoms. The minimum atomic E-state index is -0.461. The summed E-state index contributed by atoms with van der Waals surface area (Å²) in [7, 11) is 2.19. The molecule has 0 unspecified atom stereocenters. The molecule has 1 saturated carbocycles. The Morgan fingerprint density at radius 3 is 2.20 bits per heavy atom. The van der Waals surface area contributed by atoms with Crippen LogP contribution >= 0.6 is 0 Å². The molecule has 4 heteroatoms. The zero-order chi connectivity index (χ0) is 14.6. The second-order valence-corrected chi connectivity index (χ2v) is 7.71. The molecule has 2 rings (SSSR count). The van der Waals surface area contributed by atoms with Gasteiger partial charge in [-0.3, -0.25) is 4.90 Å². The molecule has 2 N–H and O–H groups in total. The number of nitrogens with zero attached hydrogens (tertiary/aromatic N) is 2. The van der Waals surface area contributed by atoms with Gasteiger partial charge in [-0.1, -0.05) is 13.8 Å². The van der Waals surface area contributed by atoms with Crippen molar-refractivity contribution >= 4 is 0 Å². The van der Waals surface area contributed by atoms with Crippen LogP contribution in [0.2, 0.25) is 0 Å². The minimum absolute atomic E-state index is 0.423. The molecule has 1 aliphatic heterocycles. The first-order chi connectivity index (χ1) is 9.39. The van der Waals surface area contributed by atoms with E-state index in [9.17, 15) is 5.11 Å². The fourth-order valence-corrected chi connectivity index (χ4v) is 3.20. The molecule has 0 amide bonds. The Kier molecular flexibility index (Phi) is 5.46. The quantitative estimate of drug-likeness (QED) is 0.743. The topological polar surface area (TPSA) is 38.7 Å². The van der Waals surface area contributed by atoms with Gasteiger partial charge in [-0.05, 0) is 38.1 Å². The fraction of sp³-hybridized carbons (Fsp3) is 1.00. The zero-order valence-electron chi connectivity index (χ0n) is 13.6. The molecule has 0 aromatic rings. The van der Waals surface area contributed by atoms with Gasteiger partial charge < -0.3 is 15.3 Å². The van der Waals surface area contributed by atoms with E-state index in [-0.39, 0.29) is 0 Å². The minimum Gasteiger partial charge on any atom is -0.389 e. The highest BCUT2D eigenvalue weighted by Crippen LogP contribution is 2.39. The number of rotatable bonds is 5. The van der Waals surface area contributed by atoms with E-state index in [2.05, 4.69) is 36.0 Å². The molecule has 0 aromatic heterocycles. The summed E-state index contributed by atoms with van der Waals surface area (Å²) in [5.74, 6) is 0. The predicted octanol–water partition coefficient (Wildman–Crippen LogP) is 1.15. The van der Waals surface area contributed by atoms with Gasteiger partial charge in [-0.2, -0.15) is 0 Å². The van der Waals surface area contributed by atoms with E-state index >= 15 is 0 Å². The predicted molar refractivity (Wildman–Crippen MR) is 84.0 cm³/mol. The van der Waals surface area contributed by atoms with E-state index in [1.54, 1.807) is 0 Å². The smallest absolute Gasteiger partial charge is 0.0772 e. The molecule has 1 aliphatic carbocycles. The van der Waals surface area contributed by atoms with Crippen molar-refractivity contribution in [2.24, 2.45) is 5.41 Å². The Labute approximate surface area is 124 Å². The first-order valence-electron chi connectivity index (χ1n) is 8.23. The van der Waals surface area contributed by atoms with E-state index < -0.39 is 5.60 Å². The molecule has 0 aromatic carbocycles. The fourth-order valence-electron chi connectivity index (χ4n) is 3.20. The Balaban J connectivity index is 1.59. The van der Waals surface area contributed by atoms with Gasteiger partial charge in [0.15, 0.2) is 0 Å². The van der Waals surface area contributed by atoms with Crippen LogP contribution in [0.15, 0.2) is 0 Å². The number of hydrogen-bond acceptors (Lipinski definition) is 4. The maximum Gasteiger partial charge on any atom is 0.0772 e. The van der Waals surface area contributed by atoms with Gasteiger partial charge in [-0.15, -0.1) is 0 Å². The molecular weight excluding hydrogens is 250 g/mol. The van der Waals surface area contributed by atoms with Gasteiger partial charge in [0.2, 0.25) is 0 Å². The first-order valence-corrected chi connectivity index (χ1v) is 8.23. The van der Waals surface area contributed by atoms with Crippen LogP contribution in [-0.2, 0) is 0 Å². The number of likely N-dealkylation sites (N-methyl/N-ethyl adjacent to an activating group) is 1. The molecule has 1 saturated heterocycles. The Hall–Kier alpha value is -0.160. The van der Waals surface area contributed by atoms with Crippen LogP contribution in [0.5, 0.6) is 0 Å². The van der Waals surface area contributed by atoms with Crippen molar-refractivity contribution in [2.45, 2.75) is 45.1 Å². The molecule has 20 heavy (non-hydrogen) atoms. The summed E-state index contributed by atoms with van der Waals surface area (Å²) in [4.78, 5) is 4.90. The van der Waals surface area contributed by atoms with Crippen LogP contribution in [0.4, 0.5) is 0 Å². The maximum absolute atomic E-state index is 10.6. The molecule has 1 heterocycles. The number of nitrogens with one attached hydrogen (secondary N) is 1. The van der Waals surface area contributed by atoms with Gasteiger partial charge >= 0.3 is 0 Å². The van der Waals surface area contributed by atoms with Gasteiger partial charge in [0.1, 0.15) is 0 Å². The van der Waals surface area contributed by atoms with Crippen LogP contribution in [-0.4, -0.2) is 73.4 Å². The van der Waals surface area contributed by atoms with Crippen LogP contribution < -0.4 is 5.32 Å². The van der Waals surface area contributed by atoms with Crippen molar-refractivity contribution in [3.8, 4) is 0 Å². The lowest BCUT2D eigenvalue weighted by Crippen LogP contribution is -2.49. The number of piperazine rings is 1. The normalized spacial score (nSPS) is 27.6. The lowest BCUT2D eigenvalue weighted by atomic mass is 9.71. The standard InChI is InChI=1S/C16H33N3O/c1-15(2)4-6-16(20,7-5-15)14-17-8-9-19-12-10-18(3)11-13-19/h17,20H,4-14H2,1-3H3. The highest BCUT2D eigenvalue weighted by Gasteiger charge is 2.36. The summed E-state index contributed by atoms with van der Waals surface area (Å²) in [6.07, 6.45) is 4.18. The van der Waals surface area contributed by atoms with Gasteiger partial charge in [0, 0.05) is 45.8 Å². The second-order valence-electron chi connectivity index (χ2n) is 7.71. The van der Waals surface area contributed by atoms with Crippen LogP contribution in [0, 0.1) is 5.41 Å². The van der Waals surface area contributed by atoms with E-state index in [0.29, 0.717) is 5.41 Å². The third-order valence-corrected chi connectivity index (χ3v) is 5.19. The maximum atomic E-state index is 10.6. The lowest BCUT2D eigenvalue weighted by Gasteiger charge is -2.40. The Morgan fingerprint density at radius 2 is 1.60 bits per heavy atom. The molecule has 4 nitrogen and oxygen atoms in total. The highest BCUT2D eigenvalue weighted by atomic mass is 16.3. The van der Waals surface area contributed by atoms with E-state index in [4.69, 9.17) is 0 Å². The molecular formula is C16H33N3O. The average Bonchev–Trinajstić information content (AvgIpc) is 2.41. The van der Waals surface area contributed by atoms with E-state index in [1.807, 2.05) is 0 Å². The molecule has 0 radical (unpaired) electrons. The monoisotopic (exact) mass is 283 g/mol. The lowest BCUT2D eigenvalue weighted by molar-refractivity contribution is -0.0245. The van der Waals surface area contributed by atoms with Gasteiger partial charge in [0.05, 0.1) is 5.60 Å². The number of aliphatic hydroxyl groups is 1. The summed E-state index contributed by atoms with van der Waals surface area (Å²) in [6.45, 7) is 12.2. The van der Waals surface area contributed by atoms with E-state index in [1.165, 1.54) is 26.2 Å². The largest absolute Gasteiger partial charge is 0.389 e. The van der Waals surface area contributed by atoms with Crippen molar-refractivity contribution in [3.05, 3.63) is 0 Å².